The lowest BCUT2D eigenvalue weighted by molar-refractivity contribution is 0.154. The van der Waals surface area contributed by atoms with Gasteiger partial charge in [0.05, 0.1) is 0 Å². The molecule has 2 saturated heterocycles. The van der Waals surface area contributed by atoms with Crippen molar-refractivity contribution in [1.82, 2.24) is 9.80 Å². The van der Waals surface area contributed by atoms with Gasteiger partial charge < -0.3 is 5.73 Å². The molecular formula is C17H27N3. The van der Waals surface area contributed by atoms with E-state index in [1.807, 2.05) is 12.1 Å². The van der Waals surface area contributed by atoms with Crippen molar-refractivity contribution < 1.29 is 0 Å². The van der Waals surface area contributed by atoms with Crippen LogP contribution in [0.2, 0.25) is 0 Å². The second kappa shape index (κ2) is 6.15. The van der Waals surface area contributed by atoms with Gasteiger partial charge in [0.1, 0.15) is 0 Å². The minimum absolute atomic E-state index is 0.505. The molecule has 2 heterocycles. The number of nitrogens with zero attached hydrogens (tertiary/aromatic N) is 2. The fraction of sp³-hybridized carbons (Fsp3) is 0.647. The average Bonchev–Trinajstić information content (AvgIpc) is 2.98. The highest BCUT2D eigenvalue weighted by molar-refractivity contribution is 5.40. The van der Waals surface area contributed by atoms with Gasteiger partial charge in [-0.3, -0.25) is 9.80 Å². The van der Waals surface area contributed by atoms with Crippen molar-refractivity contribution in [3.8, 4) is 0 Å². The fourth-order valence-corrected chi connectivity index (χ4v) is 3.69. The van der Waals surface area contributed by atoms with Crippen molar-refractivity contribution in [1.29, 1.82) is 0 Å². The van der Waals surface area contributed by atoms with Crippen LogP contribution in [0, 0.1) is 0 Å². The van der Waals surface area contributed by atoms with Crippen LogP contribution in [0.1, 0.15) is 44.2 Å². The van der Waals surface area contributed by atoms with Crippen molar-refractivity contribution in [2.24, 2.45) is 0 Å². The fourth-order valence-electron chi connectivity index (χ4n) is 3.69. The van der Waals surface area contributed by atoms with Gasteiger partial charge in [0, 0.05) is 30.9 Å². The molecule has 1 aromatic carbocycles. The lowest BCUT2D eigenvalue weighted by Gasteiger charge is -2.33. The molecule has 3 heteroatoms. The second-order valence-electron chi connectivity index (χ2n) is 6.38. The third-order valence-corrected chi connectivity index (χ3v) is 5.07. The summed E-state index contributed by atoms with van der Waals surface area (Å²) in [5, 5.41) is 0. The maximum Gasteiger partial charge on any atom is 0.0320 e. The molecule has 0 saturated carbocycles. The minimum Gasteiger partial charge on any atom is -0.399 e. The van der Waals surface area contributed by atoms with Gasteiger partial charge in [-0.05, 0) is 57.0 Å². The van der Waals surface area contributed by atoms with Crippen molar-refractivity contribution in [2.75, 3.05) is 31.9 Å². The van der Waals surface area contributed by atoms with E-state index in [0.717, 1.165) is 11.7 Å². The Morgan fingerprint density at radius 3 is 2.45 bits per heavy atom. The van der Waals surface area contributed by atoms with E-state index in [-0.39, 0.29) is 0 Å². The Morgan fingerprint density at radius 1 is 1.05 bits per heavy atom. The van der Waals surface area contributed by atoms with Gasteiger partial charge in [-0.1, -0.05) is 18.6 Å². The molecule has 110 valence electrons. The number of nitrogen functional groups attached to an aromatic ring is 1. The minimum atomic E-state index is 0.505. The summed E-state index contributed by atoms with van der Waals surface area (Å²) in [5.74, 6) is 0. The van der Waals surface area contributed by atoms with Gasteiger partial charge in [-0.15, -0.1) is 0 Å². The lowest BCUT2D eigenvalue weighted by Crippen LogP contribution is -2.41. The number of nitrogens with two attached hydrogens (primary N) is 1. The second-order valence-corrected chi connectivity index (χ2v) is 6.38. The number of hydrogen-bond acceptors (Lipinski definition) is 3. The van der Waals surface area contributed by atoms with Gasteiger partial charge >= 0.3 is 0 Å². The summed E-state index contributed by atoms with van der Waals surface area (Å²) in [6.07, 6.45) is 5.54. The van der Waals surface area contributed by atoms with E-state index in [2.05, 4.69) is 28.9 Å². The Hall–Kier alpha value is -1.06. The molecule has 20 heavy (non-hydrogen) atoms. The van der Waals surface area contributed by atoms with E-state index in [1.165, 1.54) is 57.4 Å². The normalized spacial score (nSPS) is 26.8. The zero-order chi connectivity index (χ0) is 13.9. The predicted molar refractivity (Wildman–Crippen MR) is 84.7 cm³/mol. The smallest absolute Gasteiger partial charge is 0.0320 e. The first-order valence-electron chi connectivity index (χ1n) is 8.07. The number of benzene rings is 1. The lowest BCUT2D eigenvalue weighted by atomic mass is 10.1. The SMILES string of the molecule is CC(c1ccc(N)cc1)N1CCC(N2CCCCC2)C1. The van der Waals surface area contributed by atoms with Crippen LogP contribution in [-0.4, -0.2) is 42.0 Å². The predicted octanol–water partition coefficient (Wildman–Crippen LogP) is 2.89. The average molecular weight is 273 g/mol. The molecule has 2 fully saturated rings. The quantitative estimate of drug-likeness (QED) is 0.860. The molecule has 3 rings (SSSR count). The van der Waals surface area contributed by atoms with Crippen molar-refractivity contribution >= 4 is 5.69 Å². The van der Waals surface area contributed by atoms with Crippen molar-refractivity contribution in [3.63, 3.8) is 0 Å². The van der Waals surface area contributed by atoms with Crippen LogP contribution in [0.5, 0.6) is 0 Å². The van der Waals surface area contributed by atoms with Crippen LogP contribution < -0.4 is 5.73 Å². The summed E-state index contributed by atoms with van der Waals surface area (Å²) < 4.78 is 0. The molecule has 1 aromatic rings. The largest absolute Gasteiger partial charge is 0.399 e. The van der Waals surface area contributed by atoms with Gasteiger partial charge in [0.2, 0.25) is 0 Å². The van der Waals surface area contributed by atoms with E-state index in [1.54, 1.807) is 0 Å². The molecule has 0 bridgehead atoms. The summed E-state index contributed by atoms with van der Waals surface area (Å²) in [5.41, 5.74) is 8.02. The first-order chi connectivity index (χ1) is 9.74. The monoisotopic (exact) mass is 273 g/mol. The van der Waals surface area contributed by atoms with Gasteiger partial charge in [-0.25, -0.2) is 0 Å². The van der Waals surface area contributed by atoms with Crippen LogP contribution in [-0.2, 0) is 0 Å². The van der Waals surface area contributed by atoms with E-state index >= 15 is 0 Å². The van der Waals surface area contributed by atoms with Crippen LogP contribution in [0.25, 0.3) is 0 Å². The molecule has 2 N–H and O–H groups in total. The standard InChI is InChI=1S/C17H27N3/c1-14(15-5-7-16(18)8-6-15)20-12-9-17(13-20)19-10-3-2-4-11-19/h5-8,14,17H,2-4,9-13,18H2,1H3. The molecule has 0 spiro atoms. The molecular weight excluding hydrogens is 246 g/mol. The van der Waals surface area contributed by atoms with E-state index in [4.69, 9.17) is 5.73 Å². The van der Waals surface area contributed by atoms with Gasteiger partial charge in [-0.2, -0.15) is 0 Å². The van der Waals surface area contributed by atoms with E-state index in [0.29, 0.717) is 6.04 Å². The highest BCUT2D eigenvalue weighted by atomic mass is 15.3. The van der Waals surface area contributed by atoms with Crippen LogP contribution in [0.4, 0.5) is 5.69 Å². The molecule has 0 aromatic heterocycles. The van der Waals surface area contributed by atoms with Crippen LogP contribution in [0.3, 0.4) is 0 Å². The summed E-state index contributed by atoms with van der Waals surface area (Å²) in [4.78, 5) is 5.35. The van der Waals surface area contributed by atoms with Crippen LogP contribution in [0.15, 0.2) is 24.3 Å². The molecule has 2 aliphatic heterocycles. The summed E-state index contributed by atoms with van der Waals surface area (Å²) in [7, 11) is 0. The first-order valence-corrected chi connectivity index (χ1v) is 8.07. The van der Waals surface area contributed by atoms with E-state index < -0.39 is 0 Å². The maximum atomic E-state index is 5.78. The maximum absolute atomic E-state index is 5.78. The Kier molecular flexibility index (Phi) is 4.27. The number of rotatable bonds is 3. The zero-order valence-corrected chi connectivity index (χ0v) is 12.6. The molecule has 2 aliphatic rings. The highest BCUT2D eigenvalue weighted by Crippen LogP contribution is 2.28. The summed E-state index contributed by atoms with van der Waals surface area (Å²) in [6.45, 7) is 7.41. The van der Waals surface area contributed by atoms with Crippen LogP contribution >= 0.6 is 0 Å². The van der Waals surface area contributed by atoms with Gasteiger partial charge in [0.25, 0.3) is 0 Å². The molecule has 2 atom stereocenters. The number of hydrogen-bond donors (Lipinski definition) is 1. The zero-order valence-electron chi connectivity index (χ0n) is 12.6. The summed E-state index contributed by atoms with van der Waals surface area (Å²) >= 11 is 0. The van der Waals surface area contributed by atoms with E-state index in [9.17, 15) is 0 Å². The Balaban J connectivity index is 1.60. The Bertz CT molecular complexity index is 422. The van der Waals surface area contributed by atoms with Crippen molar-refractivity contribution in [2.45, 2.75) is 44.7 Å². The number of anilines is 1. The van der Waals surface area contributed by atoms with Crippen molar-refractivity contribution in [3.05, 3.63) is 29.8 Å². The molecule has 2 unspecified atom stereocenters. The third kappa shape index (κ3) is 2.99. The number of likely N-dealkylation sites (tertiary alicyclic amines) is 2. The molecule has 0 aliphatic carbocycles. The molecule has 0 amide bonds. The Morgan fingerprint density at radius 2 is 1.75 bits per heavy atom. The first kappa shape index (κ1) is 13.9. The number of piperidine rings is 1. The highest BCUT2D eigenvalue weighted by Gasteiger charge is 2.30. The topological polar surface area (TPSA) is 32.5 Å². The van der Waals surface area contributed by atoms with Gasteiger partial charge in [0.15, 0.2) is 0 Å². The third-order valence-electron chi connectivity index (χ3n) is 5.07. The molecule has 0 radical (unpaired) electrons. The Labute approximate surface area is 122 Å². The summed E-state index contributed by atoms with van der Waals surface area (Å²) in [6, 6.07) is 9.67. The molecule has 3 nitrogen and oxygen atoms in total.